The van der Waals surface area contributed by atoms with Gasteiger partial charge < -0.3 is 16.0 Å². The van der Waals surface area contributed by atoms with Crippen molar-refractivity contribution < 1.29 is 27.6 Å². The van der Waals surface area contributed by atoms with Crippen molar-refractivity contribution in [2.75, 3.05) is 18.4 Å². The lowest BCUT2D eigenvalue weighted by atomic mass is 10.1. The molecule has 9 heteroatoms. The zero-order chi connectivity index (χ0) is 19.2. The van der Waals surface area contributed by atoms with E-state index in [1.54, 1.807) is 5.32 Å². The first-order valence-corrected chi connectivity index (χ1v) is 7.72. The second-order valence-corrected chi connectivity index (χ2v) is 5.41. The van der Waals surface area contributed by atoms with Gasteiger partial charge in [-0.1, -0.05) is 13.8 Å². The molecule has 3 amide bonds. The number of nitrogens with zero attached hydrogens (tertiary/aromatic N) is 1. The summed E-state index contributed by atoms with van der Waals surface area (Å²) in [5.41, 5.74) is 4.65. The number of nitrogens with two attached hydrogens (primary N) is 1. The van der Waals surface area contributed by atoms with Crippen molar-refractivity contribution >= 4 is 23.4 Å². The number of anilines is 1. The zero-order valence-electron chi connectivity index (χ0n) is 13.9. The van der Waals surface area contributed by atoms with Gasteiger partial charge in [0.05, 0.1) is 0 Å². The first-order chi connectivity index (χ1) is 11.6. The van der Waals surface area contributed by atoms with Crippen molar-refractivity contribution in [2.24, 2.45) is 5.73 Å². The molecular weight excluding hydrogens is 339 g/mol. The molecule has 3 N–H and O–H groups in total. The lowest BCUT2D eigenvalue weighted by Gasteiger charge is -2.22. The number of hydrogen-bond acceptors (Lipinski definition) is 3. The van der Waals surface area contributed by atoms with E-state index in [9.17, 15) is 27.6 Å². The van der Waals surface area contributed by atoms with E-state index >= 15 is 0 Å². The van der Waals surface area contributed by atoms with Crippen LogP contribution in [0.4, 0.5) is 18.9 Å². The van der Waals surface area contributed by atoms with Gasteiger partial charge in [-0.3, -0.25) is 14.4 Å². The summed E-state index contributed by atoms with van der Waals surface area (Å²) in [4.78, 5) is 36.6. The van der Waals surface area contributed by atoms with Crippen LogP contribution in [-0.4, -0.2) is 41.9 Å². The number of carbonyl (C=O) groups excluding carboxylic acids is 3. The molecule has 0 spiro atoms. The number of hydrogen-bond donors (Lipinski definition) is 2. The van der Waals surface area contributed by atoms with E-state index < -0.39 is 23.9 Å². The molecule has 0 aliphatic heterocycles. The molecule has 1 aromatic carbocycles. The third kappa shape index (κ3) is 5.77. The van der Waals surface area contributed by atoms with Crippen molar-refractivity contribution in [3.8, 4) is 0 Å². The fraction of sp³-hybridized carbons (Fsp3) is 0.438. The second kappa shape index (κ2) is 8.50. The Morgan fingerprint density at radius 3 is 2.00 bits per heavy atom. The molecule has 0 atom stereocenters. The van der Waals surface area contributed by atoms with E-state index in [0.717, 1.165) is 12.1 Å². The highest BCUT2D eigenvalue weighted by Crippen LogP contribution is 2.21. The fourth-order valence-corrected chi connectivity index (χ4v) is 2.20. The highest BCUT2D eigenvalue weighted by molar-refractivity contribution is 6.03. The standard InChI is InChI=1S/C16H20F3N3O3/c1-3-5-22(6-4-2)14(24)11-7-10(13(20)23)8-12(9-11)21-15(25)16(17,18)19/h7-9H,3-6H2,1-2H3,(H2,20,23)(H,21,25). The summed E-state index contributed by atoms with van der Waals surface area (Å²) in [5, 5.41) is 1.63. The molecule has 0 bridgehead atoms. The minimum atomic E-state index is -5.09. The monoisotopic (exact) mass is 359 g/mol. The molecule has 138 valence electrons. The van der Waals surface area contributed by atoms with Crippen LogP contribution in [0.2, 0.25) is 0 Å². The van der Waals surface area contributed by atoms with Crippen LogP contribution < -0.4 is 11.1 Å². The third-order valence-corrected chi connectivity index (χ3v) is 3.25. The lowest BCUT2D eigenvalue weighted by molar-refractivity contribution is -0.167. The van der Waals surface area contributed by atoms with Crippen LogP contribution in [-0.2, 0) is 4.79 Å². The topological polar surface area (TPSA) is 92.5 Å². The van der Waals surface area contributed by atoms with E-state index in [1.807, 2.05) is 13.8 Å². The Morgan fingerprint density at radius 2 is 1.56 bits per heavy atom. The Kier molecular flexibility index (Phi) is 6.96. The SMILES string of the molecule is CCCN(CCC)C(=O)c1cc(NC(=O)C(F)(F)F)cc(C(N)=O)c1. The minimum absolute atomic E-state index is 0.0179. The number of alkyl halides is 3. The molecule has 25 heavy (non-hydrogen) atoms. The largest absolute Gasteiger partial charge is 0.471 e. The van der Waals surface area contributed by atoms with Crippen molar-refractivity contribution in [3.63, 3.8) is 0 Å². The van der Waals surface area contributed by atoms with E-state index in [2.05, 4.69) is 0 Å². The molecule has 0 unspecified atom stereocenters. The average molecular weight is 359 g/mol. The van der Waals surface area contributed by atoms with E-state index in [0.29, 0.717) is 25.9 Å². The predicted molar refractivity (Wildman–Crippen MR) is 86.1 cm³/mol. The van der Waals surface area contributed by atoms with Crippen molar-refractivity contribution in [1.82, 2.24) is 4.90 Å². The zero-order valence-corrected chi connectivity index (χ0v) is 13.9. The summed E-state index contributed by atoms with van der Waals surface area (Å²) in [6.45, 7) is 4.67. The summed E-state index contributed by atoms with van der Waals surface area (Å²) in [7, 11) is 0. The van der Waals surface area contributed by atoms with Crippen molar-refractivity contribution in [1.29, 1.82) is 0 Å². The van der Waals surface area contributed by atoms with Crippen LogP contribution >= 0.6 is 0 Å². The number of nitrogens with one attached hydrogen (secondary N) is 1. The molecule has 0 aliphatic carbocycles. The first-order valence-electron chi connectivity index (χ1n) is 7.72. The van der Waals surface area contributed by atoms with Crippen LogP contribution in [0.1, 0.15) is 47.4 Å². The summed E-state index contributed by atoms with van der Waals surface area (Å²) in [6.07, 6.45) is -3.71. The van der Waals surface area contributed by atoms with Gasteiger partial charge in [0.25, 0.3) is 5.91 Å². The number of primary amides is 1. The van der Waals surface area contributed by atoms with Gasteiger partial charge in [-0.05, 0) is 31.0 Å². The van der Waals surface area contributed by atoms with Crippen LogP contribution in [0.25, 0.3) is 0 Å². The molecule has 1 rings (SSSR count). The molecule has 0 aromatic heterocycles. The Morgan fingerprint density at radius 1 is 1.04 bits per heavy atom. The summed E-state index contributed by atoms with van der Waals surface area (Å²) >= 11 is 0. The number of halogens is 3. The Balaban J connectivity index is 3.24. The Hall–Kier alpha value is -2.58. The maximum atomic E-state index is 12.6. The van der Waals surface area contributed by atoms with Gasteiger partial charge in [0.2, 0.25) is 5.91 Å². The molecule has 0 saturated heterocycles. The van der Waals surface area contributed by atoms with Gasteiger partial charge in [0.1, 0.15) is 0 Å². The normalized spacial score (nSPS) is 11.1. The third-order valence-electron chi connectivity index (χ3n) is 3.25. The smallest absolute Gasteiger partial charge is 0.366 e. The Labute approximate surface area is 143 Å². The molecule has 1 aromatic rings. The maximum absolute atomic E-state index is 12.6. The molecule has 6 nitrogen and oxygen atoms in total. The maximum Gasteiger partial charge on any atom is 0.471 e. The molecular formula is C16H20F3N3O3. The lowest BCUT2D eigenvalue weighted by Crippen LogP contribution is -2.33. The highest BCUT2D eigenvalue weighted by atomic mass is 19.4. The van der Waals surface area contributed by atoms with Gasteiger partial charge in [-0.25, -0.2) is 0 Å². The van der Waals surface area contributed by atoms with Crippen molar-refractivity contribution in [2.45, 2.75) is 32.9 Å². The van der Waals surface area contributed by atoms with Gasteiger partial charge in [-0.2, -0.15) is 13.2 Å². The van der Waals surface area contributed by atoms with Crippen LogP contribution in [0.3, 0.4) is 0 Å². The molecule has 0 radical (unpaired) electrons. The molecule has 0 fully saturated rings. The van der Waals surface area contributed by atoms with Gasteiger partial charge in [0, 0.05) is 29.9 Å². The van der Waals surface area contributed by atoms with Crippen LogP contribution in [0.5, 0.6) is 0 Å². The second-order valence-electron chi connectivity index (χ2n) is 5.41. The van der Waals surface area contributed by atoms with E-state index in [4.69, 9.17) is 5.73 Å². The number of amides is 3. The fourth-order valence-electron chi connectivity index (χ4n) is 2.20. The van der Waals surface area contributed by atoms with Gasteiger partial charge in [-0.15, -0.1) is 0 Å². The number of rotatable bonds is 7. The van der Waals surface area contributed by atoms with Gasteiger partial charge in [0.15, 0.2) is 0 Å². The summed E-state index contributed by atoms with van der Waals surface area (Å²) in [6, 6.07) is 3.29. The highest BCUT2D eigenvalue weighted by Gasteiger charge is 2.38. The Bertz CT molecular complexity index is 654. The first kappa shape index (κ1) is 20.5. The van der Waals surface area contributed by atoms with Crippen LogP contribution in [0, 0.1) is 0 Å². The van der Waals surface area contributed by atoms with E-state index in [-0.39, 0.29) is 16.8 Å². The number of carbonyl (C=O) groups is 3. The van der Waals surface area contributed by atoms with E-state index in [1.165, 1.54) is 11.0 Å². The minimum Gasteiger partial charge on any atom is -0.366 e. The predicted octanol–water partition coefficient (Wildman–Crippen LogP) is 2.55. The summed E-state index contributed by atoms with van der Waals surface area (Å²) in [5.74, 6) is -3.57. The summed E-state index contributed by atoms with van der Waals surface area (Å²) < 4.78 is 37.2. The van der Waals surface area contributed by atoms with Gasteiger partial charge >= 0.3 is 12.1 Å². The molecule has 0 saturated carbocycles. The van der Waals surface area contributed by atoms with Crippen molar-refractivity contribution in [3.05, 3.63) is 29.3 Å². The van der Waals surface area contributed by atoms with Crippen LogP contribution in [0.15, 0.2) is 18.2 Å². The quantitative estimate of drug-likeness (QED) is 0.784. The molecule has 0 aliphatic rings. The molecule has 0 heterocycles. The number of benzene rings is 1. The average Bonchev–Trinajstić information content (AvgIpc) is 2.52.